The topological polar surface area (TPSA) is 47.9 Å². The third-order valence-corrected chi connectivity index (χ3v) is 20.4. The molecule has 14 aromatic carbocycles. The fourth-order valence-electron chi connectivity index (χ4n) is 16.5. The molecule has 0 amide bonds. The van der Waals surface area contributed by atoms with Crippen molar-refractivity contribution in [1.29, 1.82) is 5.26 Å². The molecule has 428 valence electrons. The van der Waals surface area contributed by atoms with Crippen LogP contribution in [-0.4, -0.2) is 18.3 Å². The standard InChI is InChI=1S/C87H50N6/c1-89-58-32-36-60(37-33-58)91-80-23-11-5-17-68(80)72-47-55(29-43-84(72)91)57-31-45-86-74(49-57)70-19-7-13-25-82(70)93(86)62-39-41-66-65-40-38-61(50-77(65)87(78(66)51-62)75-20-8-2-14-63(75)64-15-3-9-21-76(64)87)92-81-24-12-6-18-69(81)73-48-56(30-44-85(73)92)54-28-42-83-71(46-54)67-16-4-10-22-79(67)90(83)59-34-26-53(52-88)27-35-59/h2-51H. The molecule has 20 rings (SSSR count). The number of nitrogens with zero attached hydrogens (tertiary/aromatic N) is 6. The van der Waals surface area contributed by atoms with Crippen LogP contribution in [0.1, 0.15) is 27.8 Å². The van der Waals surface area contributed by atoms with Crippen LogP contribution in [0.25, 0.3) is 159 Å². The van der Waals surface area contributed by atoms with E-state index in [9.17, 15) is 5.26 Å². The Labute approximate surface area is 534 Å². The summed E-state index contributed by atoms with van der Waals surface area (Å²) in [5, 5.41) is 19.2. The Kier molecular flexibility index (Phi) is 10.5. The molecule has 0 unspecified atom stereocenters. The van der Waals surface area contributed by atoms with Crippen molar-refractivity contribution in [3.8, 4) is 73.3 Å². The predicted molar refractivity (Wildman–Crippen MR) is 382 cm³/mol. The summed E-state index contributed by atoms with van der Waals surface area (Å²) in [6, 6.07) is 114. The summed E-state index contributed by atoms with van der Waals surface area (Å²) in [4.78, 5) is 3.66. The smallest absolute Gasteiger partial charge is 0.187 e. The van der Waals surface area contributed by atoms with Crippen molar-refractivity contribution in [3.05, 3.63) is 343 Å². The van der Waals surface area contributed by atoms with E-state index in [2.05, 4.69) is 284 Å². The maximum absolute atomic E-state index is 9.58. The van der Waals surface area contributed by atoms with Crippen LogP contribution in [0.15, 0.2) is 303 Å². The molecule has 0 N–H and O–H groups in total. The predicted octanol–water partition coefficient (Wildman–Crippen LogP) is 22.2. The molecule has 0 saturated heterocycles. The second-order valence-corrected chi connectivity index (χ2v) is 24.9. The highest BCUT2D eigenvalue weighted by molar-refractivity contribution is 6.15. The Hall–Kier alpha value is -12.7. The van der Waals surface area contributed by atoms with Gasteiger partial charge in [0.15, 0.2) is 5.69 Å². The van der Waals surface area contributed by atoms with Gasteiger partial charge in [-0.1, -0.05) is 170 Å². The number of fused-ring (bicyclic) bond motifs is 22. The van der Waals surface area contributed by atoms with Gasteiger partial charge in [0, 0.05) is 65.8 Å². The third-order valence-electron chi connectivity index (χ3n) is 20.4. The van der Waals surface area contributed by atoms with Crippen LogP contribution in [0.2, 0.25) is 0 Å². The van der Waals surface area contributed by atoms with Gasteiger partial charge in [0.1, 0.15) is 0 Å². The SMILES string of the molecule is [C-]#[N+]c1ccc(-n2c3ccccc3c3cc(-c4ccc5c(c4)c4ccccc4n5-c4ccc5c(c4)C4(c6ccccc6-c6ccccc64)c4cc(-n6c7ccccc7c7cc(-c8ccc9c(c8)c8ccccc8n9-c8ccc(C#N)cc8)ccc76)ccc4-5)ccc32)cc1. The van der Waals surface area contributed by atoms with Gasteiger partial charge in [-0.05, 0) is 200 Å². The second kappa shape index (κ2) is 19.1. The van der Waals surface area contributed by atoms with Gasteiger partial charge in [-0.3, -0.25) is 0 Å². The zero-order valence-electron chi connectivity index (χ0n) is 50.1. The minimum Gasteiger partial charge on any atom is -0.309 e. The quantitative estimate of drug-likeness (QED) is 0.153. The maximum Gasteiger partial charge on any atom is 0.187 e. The van der Waals surface area contributed by atoms with E-state index in [1.807, 2.05) is 48.5 Å². The Morgan fingerprint density at radius 3 is 0.935 bits per heavy atom. The molecule has 0 fully saturated rings. The fraction of sp³-hybridized carbons (Fsp3) is 0.0115. The number of hydrogen-bond donors (Lipinski definition) is 0. The minimum atomic E-state index is -0.618. The van der Waals surface area contributed by atoms with E-state index in [1.165, 1.54) is 87.6 Å². The van der Waals surface area contributed by atoms with E-state index in [0.29, 0.717) is 11.3 Å². The van der Waals surface area contributed by atoms with Crippen molar-refractivity contribution in [2.45, 2.75) is 5.41 Å². The highest BCUT2D eigenvalue weighted by atomic mass is 15.0. The Balaban J connectivity index is 0.731. The lowest BCUT2D eigenvalue weighted by molar-refractivity contribution is 0.791. The zero-order chi connectivity index (χ0) is 61.2. The number of benzene rings is 14. The highest BCUT2D eigenvalue weighted by Gasteiger charge is 2.52. The van der Waals surface area contributed by atoms with Gasteiger partial charge in [-0.2, -0.15) is 5.26 Å². The molecule has 1 spiro atoms. The monoisotopic (exact) mass is 1180 g/mol. The first-order valence-corrected chi connectivity index (χ1v) is 31.6. The molecule has 4 heterocycles. The third kappa shape index (κ3) is 7.04. The van der Waals surface area contributed by atoms with E-state index in [-0.39, 0.29) is 0 Å². The molecule has 93 heavy (non-hydrogen) atoms. The number of rotatable bonds is 6. The van der Waals surface area contributed by atoms with Crippen LogP contribution < -0.4 is 0 Å². The fourth-order valence-corrected chi connectivity index (χ4v) is 16.5. The van der Waals surface area contributed by atoms with Gasteiger partial charge < -0.3 is 18.3 Å². The molecule has 0 atom stereocenters. The number of para-hydroxylation sites is 4. The van der Waals surface area contributed by atoms with Gasteiger partial charge in [0.25, 0.3) is 0 Å². The van der Waals surface area contributed by atoms with Crippen LogP contribution in [0.3, 0.4) is 0 Å². The van der Waals surface area contributed by atoms with Gasteiger partial charge in [0.2, 0.25) is 0 Å². The van der Waals surface area contributed by atoms with Crippen LogP contribution >= 0.6 is 0 Å². The number of nitriles is 1. The molecule has 18 aromatic rings. The second-order valence-electron chi connectivity index (χ2n) is 24.9. The Morgan fingerprint density at radius 2 is 0.570 bits per heavy atom. The largest absolute Gasteiger partial charge is 0.309 e. The lowest BCUT2D eigenvalue weighted by Crippen LogP contribution is -2.26. The molecule has 0 aliphatic heterocycles. The van der Waals surface area contributed by atoms with Crippen LogP contribution in [0.5, 0.6) is 0 Å². The van der Waals surface area contributed by atoms with Crippen LogP contribution in [0, 0.1) is 17.9 Å². The van der Waals surface area contributed by atoms with Crippen LogP contribution in [-0.2, 0) is 5.41 Å². The normalized spacial score (nSPS) is 12.8. The van der Waals surface area contributed by atoms with Gasteiger partial charge in [-0.25, -0.2) is 4.85 Å². The number of hydrogen-bond acceptors (Lipinski definition) is 1. The summed E-state index contributed by atoms with van der Waals surface area (Å²) < 4.78 is 9.59. The van der Waals surface area contributed by atoms with Crippen molar-refractivity contribution in [2.24, 2.45) is 0 Å². The summed E-state index contributed by atoms with van der Waals surface area (Å²) in [7, 11) is 0. The van der Waals surface area contributed by atoms with E-state index in [4.69, 9.17) is 6.57 Å². The highest BCUT2D eigenvalue weighted by Crippen LogP contribution is 2.63. The van der Waals surface area contributed by atoms with E-state index < -0.39 is 5.41 Å². The van der Waals surface area contributed by atoms with Gasteiger partial charge in [0.05, 0.1) is 67.8 Å². The molecule has 4 aromatic heterocycles. The summed E-state index contributed by atoms with van der Waals surface area (Å²) in [5.74, 6) is 0. The lowest BCUT2D eigenvalue weighted by Gasteiger charge is -2.31. The average molecular weight is 1180 g/mol. The number of aromatic nitrogens is 4. The zero-order valence-corrected chi connectivity index (χ0v) is 50.1. The van der Waals surface area contributed by atoms with Crippen molar-refractivity contribution in [1.82, 2.24) is 18.3 Å². The van der Waals surface area contributed by atoms with E-state index in [0.717, 1.165) is 89.1 Å². The molecule has 2 aliphatic rings. The molecule has 0 bridgehead atoms. The molecule has 0 saturated carbocycles. The molecule has 0 radical (unpaired) electrons. The Bertz CT molecular complexity index is 6000. The maximum atomic E-state index is 9.58. The first-order valence-electron chi connectivity index (χ1n) is 31.6. The first kappa shape index (κ1) is 51.2. The lowest BCUT2D eigenvalue weighted by atomic mass is 9.70. The summed E-state index contributed by atoms with van der Waals surface area (Å²) in [6.45, 7) is 7.55. The van der Waals surface area contributed by atoms with E-state index >= 15 is 0 Å². The molecule has 6 heteroatoms. The minimum absolute atomic E-state index is 0.618. The average Bonchev–Trinajstić information content (AvgIpc) is 1.51. The Morgan fingerprint density at radius 1 is 0.269 bits per heavy atom. The van der Waals surface area contributed by atoms with Crippen molar-refractivity contribution >= 4 is 92.9 Å². The summed E-state index contributed by atoms with van der Waals surface area (Å²) in [6.07, 6.45) is 0. The first-order chi connectivity index (χ1) is 46.0. The van der Waals surface area contributed by atoms with Gasteiger partial charge in [-0.15, -0.1) is 0 Å². The summed E-state index contributed by atoms with van der Waals surface area (Å²) >= 11 is 0. The molecular formula is C87H50N6. The van der Waals surface area contributed by atoms with Crippen molar-refractivity contribution in [3.63, 3.8) is 0 Å². The molecule has 2 aliphatic carbocycles. The van der Waals surface area contributed by atoms with Crippen LogP contribution in [0.4, 0.5) is 5.69 Å². The van der Waals surface area contributed by atoms with Crippen molar-refractivity contribution < 1.29 is 0 Å². The summed E-state index contributed by atoms with van der Waals surface area (Å²) in [5.41, 5.74) is 28.9. The molecular weight excluding hydrogens is 1130 g/mol. The molecule has 6 nitrogen and oxygen atoms in total. The van der Waals surface area contributed by atoms with E-state index in [1.54, 1.807) is 0 Å². The van der Waals surface area contributed by atoms with Crippen molar-refractivity contribution in [2.75, 3.05) is 0 Å². The van der Waals surface area contributed by atoms with Gasteiger partial charge >= 0.3 is 0 Å².